The number of hydrogen-bond donors (Lipinski definition) is 2. The zero-order valence-electron chi connectivity index (χ0n) is 16.8. The van der Waals surface area contributed by atoms with Gasteiger partial charge in [0.1, 0.15) is 17.3 Å². The van der Waals surface area contributed by atoms with Gasteiger partial charge in [-0.05, 0) is 37.7 Å². The van der Waals surface area contributed by atoms with Gasteiger partial charge >= 0.3 is 0 Å². The topological polar surface area (TPSA) is 108 Å². The summed E-state index contributed by atoms with van der Waals surface area (Å²) in [4.78, 5) is 21.3. The van der Waals surface area contributed by atoms with Crippen LogP contribution in [0.4, 0.5) is 11.4 Å². The van der Waals surface area contributed by atoms with Crippen LogP contribution in [-0.4, -0.2) is 55.6 Å². The van der Waals surface area contributed by atoms with Crippen LogP contribution in [0.2, 0.25) is 0 Å². The molecule has 0 spiro atoms. The molecule has 152 valence electrons. The summed E-state index contributed by atoms with van der Waals surface area (Å²) in [5.74, 6) is -0.290. The van der Waals surface area contributed by atoms with E-state index >= 15 is 0 Å². The molecule has 1 aliphatic rings. The number of nitrogens with one attached hydrogen (secondary N) is 1. The summed E-state index contributed by atoms with van der Waals surface area (Å²) >= 11 is 0. The van der Waals surface area contributed by atoms with Gasteiger partial charge in [0.2, 0.25) is 5.88 Å². The molecule has 1 aromatic heterocycles. The van der Waals surface area contributed by atoms with Crippen molar-refractivity contribution >= 4 is 17.3 Å². The zero-order chi connectivity index (χ0) is 20.8. The first-order chi connectivity index (χ1) is 14.0. The van der Waals surface area contributed by atoms with Crippen molar-refractivity contribution in [2.24, 2.45) is 0 Å². The summed E-state index contributed by atoms with van der Waals surface area (Å²) in [6.45, 7) is 6.61. The van der Waals surface area contributed by atoms with E-state index in [0.717, 1.165) is 31.7 Å². The Balaban J connectivity index is 1.63. The minimum absolute atomic E-state index is 0.0803. The van der Waals surface area contributed by atoms with Gasteiger partial charge in [0.25, 0.3) is 5.91 Å². The average Bonchev–Trinajstić information content (AvgIpc) is 2.73. The number of carbonyl (C=O) groups excluding carboxylic acids is 1. The number of piperazine rings is 1. The molecule has 1 saturated heterocycles. The van der Waals surface area contributed by atoms with E-state index in [9.17, 15) is 10.1 Å². The quantitative estimate of drug-likeness (QED) is 0.766. The highest BCUT2D eigenvalue weighted by Gasteiger charge is 2.17. The summed E-state index contributed by atoms with van der Waals surface area (Å²) in [5, 5.41) is 12.0. The number of rotatable bonds is 6. The van der Waals surface area contributed by atoms with Crippen LogP contribution >= 0.6 is 0 Å². The standard InChI is InChI=1S/C21H26N6O2/c1-3-29-21-17(13-22)18(23)12-19(25-21)20(28)24-14-15-4-6-16(7-5-15)27-10-8-26(2)9-11-27/h4-7,12H,3,8-11,14H2,1-2H3,(H2,23,25)(H,24,28). The number of carbonyl (C=O) groups is 1. The number of nitrogen functional groups attached to an aromatic ring is 1. The predicted molar refractivity (Wildman–Crippen MR) is 112 cm³/mol. The van der Waals surface area contributed by atoms with Crippen molar-refractivity contribution < 1.29 is 9.53 Å². The van der Waals surface area contributed by atoms with E-state index in [1.165, 1.54) is 11.8 Å². The maximum atomic E-state index is 12.5. The third kappa shape index (κ3) is 4.95. The van der Waals surface area contributed by atoms with Crippen LogP contribution in [0.5, 0.6) is 5.88 Å². The van der Waals surface area contributed by atoms with E-state index in [1.807, 2.05) is 18.2 Å². The second kappa shape index (κ2) is 9.26. The number of benzene rings is 1. The van der Waals surface area contributed by atoms with Gasteiger partial charge in [-0.3, -0.25) is 4.79 Å². The fraction of sp³-hybridized carbons (Fsp3) is 0.381. The molecular formula is C21H26N6O2. The van der Waals surface area contributed by atoms with Crippen molar-refractivity contribution in [3.8, 4) is 11.9 Å². The average molecular weight is 394 g/mol. The van der Waals surface area contributed by atoms with Crippen LogP contribution < -0.4 is 20.7 Å². The molecule has 0 saturated carbocycles. The molecule has 29 heavy (non-hydrogen) atoms. The van der Waals surface area contributed by atoms with Crippen LogP contribution in [0.3, 0.4) is 0 Å². The summed E-state index contributed by atoms with van der Waals surface area (Å²) in [7, 11) is 2.14. The maximum absolute atomic E-state index is 12.5. The number of ether oxygens (including phenoxy) is 1. The monoisotopic (exact) mass is 394 g/mol. The number of nitriles is 1. The molecule has 1 aromatic carbocycles. The Labute approximate surface area is 170 Å². The number of likely N-dealkylation sites (N-methyl/N-ethyl adjacent to an activating group) is 1. The summed E-state index contributed by atoms with van der Waals surface area (Å²) < 4.78 is 5.34. The van der Waals surface area contributed by atoms with Crippen molar-refractivity contribution in [2.75, 3.05) is 50.5 Å². The Morgan fingerprint density at radius 2 is 1.97 bits per heavy atom. The Hall–Kier alpha value is -3.31. The molecule has 0 unspecified atom stereocenters. The lowest BCUT2D eigenvalue weighted by Crippen LogP contribution is -2.44. The van der Waals surface area contributed by atoms with Crippen molar-refractivity contribution in [1.29, 1.82) is 5.26 Å². The number of aromatic nitrogens is 1. The first-order valence-electron chi connectivity index (χ1n) is 9.66. The zero-order valence-corrected chi connectivity index (χ0v) is 16.8. The Bertz CT molecular complexity index is 899. The third-order valence-corrected chi connectivity index (χ3v) is 4.90. The predicted octanol–water partition coefficient (Wildman–Crippen LogP) is 1.62. The molecule has 2 aromatic rings. The fourth-order valence-corrected chi connectivity index (χ4v) is 3.17. The number of nitrogens with zero attached hydrogens (tertiary/aromatic N) is 4. The molecule has 1 aliphatic heterocycles. The Kier molecular flexibility index (Phi) is 6.52. The molecule has 2 heterocycles. The van der Waals surface area contributed by atoms with Gasteiger partial charge in [0, 0.05) is 38.4 Å². The van der Waals surface area contributed by atoms with E-state index in [1.54, 1.807) is 6.92 Å². The normalized spacial score (nSPS) is 14.3. The number of anilines is 2. The van der Waals surface area contributed by atoms with E-state index in [2.05, 4.69) is 39.3 Å². The molecule has 8 nitrogen and oxygen atoms in total. The number of pyridine rings is 1. The molecule has 3 N–H and O–H groups in total. The summed E-state index contributed by atoms with van der Waals surface area (Å²) in [6, 6.07) is 11.5. The minimum atomic E-state index is -0.370. The van der Waals surface area contributed by atoms with Crippen LogP contribution in [0.25, 0.3) is 0 Å². The van der Waals surface area contributed by atoms with Gasteiger partial charge in [0.05, 0.1) is 12.3 Å². The lowest BCUT2D eigenvalue weighted by Gasteiger charge is -2.34. The largest absolute Gasteiger partial charge is 0.477 e. The minimum Gasteiger partial charge on any atom is -0.477 e. The lowest BCUT2D eigenvalue weighted by molar-refractivity contribution is 0.0945. The molecule has 0 aliphatic carbocycles. The fourth-order valence-electron chi connectivity index (χ4n) is 3.17. The van der Waals surface area contributed by atoms with E-state index in [4.69, 9.17) is 10.5 Å². The number of nitrogens with two attached hydrogens (primary N) is 1. The van der Waals surface area contributed by atoms with E-state index < -0.39 is 0 Å². The third-order valence-electron chi connectivity index (χ3n) is 4.90. The first kappa shape index (κ1) is 20.4. The van der Waals surface area contributed by atoms with Crippen molar-refractivity contribution in [3.05, 3.63) is 47.2 Å². The van der Waals surface area contributed by atoms with Crippen LogP contribution in [0, 0.1) is 11.3 Å². The van der Waals surface area contributed by atoms with Crippen LogP contribution in [0.1, 0.15) is 28.5 Å². The highest BCUT2D eigenvalue weighted by Crippen LogP contribution is 2.23. The van der Waals surface area contributed by atoms with Gasteiger partial charge in [-0.1, -0.05) is 12.1 Å². The highest BCUT2D eigenvalue weighted by molar-refractivity contribution is 5.93. The molecule has 3 rings (SSSR count). The number of amides is 1. The molecule has 1 amide bonds. The second-order valence-electron chi connectivity index (χ2n) is 6.96. The summed E-state index contributed by atoms with van der Waals surface area (Å²) in [6.07, 6.45) is 0. The van der Waals surface area contributed by atoms with E-state index in [-0.39, 0.29) is 28.7 Å². The molecule has 0 radical (unpaired) electrons. The lowest BCUT2D eigenvalue weighted by atomic mass is 10.1. The van der Waals surface area contributed by atoms with Gasteiger partial charge < -0.3 is 25.6 Å². The Morgan fingerprint density at radius 3 is 2.59 bits per heavy atom. The second-order valence-corrected chi connectivity index (χ2v) is 6.96. The van der Waals surface area contributed by atoms with Gasteiger partial charge in [-0.25, -0.2) is 4.98 Å². The van der Waals surface area contributed by atoms with Gasteiger partial charge in [-0.15, -0.1) is 0 Å². The SMILES string of the molecule is CCOc1nc(C(=O)NCc2ccc(N3CCN(C)CC3)cc2)cc(N)c1C#N. The smallest absolute Gasteiger partial charge is 0.270 e. The summed E-state index contributed by atoms with van der Waals surface area (Å²) in [5.41, 5.74) is 8.49. The molecule has 0 atom stereocenters. The van der Waals surface area contributed by atoms with Crippen molar-refractivity contribution in [1.82, 2.24) is 15.2 Å². The molecule has 8 heteroatoms. The molecular weight excluding hydrogens is 368 g/mol. The Morgan fingerprint density at radius 1 is 1.28 bits per heavy atom. The highest BCUT2D eigenvalue weighted by atomic mass is 16.5. The van der Waals surface area contributed by atoms with E-state index in [0.29, 0.717) is 13.2 Å². The van der Waals surface area contributed by atoms with Crippen molar-refractivity contribution in [3.63, 3.8) is 0 Å². The van der Waals surface area contributed by atoms with Crippen LogP contribution in [-0.2, 0) is 6.54 Å². The van der Waals surface area contributed by atoms with Crippen molar-refractivity contribution in [2.45, 2.75) is 13.5 Å². The van der Waals surface area contributed by atoms with Gasteiger partial charge in [0.15, 0.2) is 0 Å². The van der Waals surface area contributed by atoms with Gasteiger partial charge in [-0.2, -0.15) is 5.26 Å². The molecule has 1 fully saturated rings. The molecule has 0 bridgehead atoms. The number of hydrogen-bond acceptors (Lipinski definition) is 7. The first-order valence-corrected chi connectivity index (χ1v) is 9.66. The van der Waals surface area contributed by atoms with Crippen LogP contribution in [0.15, 0.2) is 30.3 Å². The maximum Gasteiger partial charge on any atom is 0.270 e.